The second-order valence-corrected chi connectivity index (χ2v) is 14.3. The summed E-state index contributed by atoms with van der Waals surface area (Å²) >= 11 is 6.11. The fraction of sp³-hybridized carbons (Fsp3) is 0.480. The van der Waals surface area contributed by atoms with Crippen molar-refractivity contribution in [3.8, 4) is 0 Å². The van der Waals surface area contributed by atoms with Gasteiger partial charge in [0.05, 0.1) is 37.7 Å². The van der Waals surface area contributed by atoms with Gasteiger partial charge in [0, 0.05) is 12.8 Å². The van der Waals surface area contributed by atoms with E-state index in [4.69, 9.17) is 16.0 Å². The highest BCUT2D eigenvalue weighted by molar-refractivity contribution is 6.99. The first-order valence-electron chi connectivity index (χ1n) is 11.4. The van der Waals surface area contributed by atoms with Crippen LogP contribution >= 0.6 is 11.6 Å². The molecule has 0 aromatic heterocycles. The molecule has 2 N–H and O–H groups in total. The van der Waals surface area contributed by atoms with Gasteiger partial charge >= 0.3 is 5.96 Å². The van der Waals surface area contributed by atoms with E-state index < -0.39 is 8.32 Å². The number of guanidine groups is 1. The van der Waals surface area contributed by atoms with E-state index in [9.17, 15) is 0 Å². The molecule has 0 spiro atoms. The average Bonchev–Trinajstić information content (AvgIpc) is 2.79. The minimum absolute atomic E-state index is 0.00361. The maximum Gasteiger partial charge on any atom is 0.346 e. The Morgan fingerprint density at radius 1 is 0.903 bits per heavy atom. The number of alkyl halides is 1. The first-order valence-corrected chi connectivity index (χ1v) is 13.8. The standard InChI is InChI=1S/C25H34ClN3OSi/c1-25(2,3)31(22-10-6-4-7-11-22,23-12-8-5-9-13-23)30-19-21-15-17-29-16-14-20(18-26)27-24(29)28-21/h4-13,20-21H,14-19H2,1-3H3,(H,27,28)/p+1/t20-,21-/m1/s1. The lowest BCUT2D eigenvalue weighted by molar-refractivity contribution is -0.542. The Bertz CT molecular complexity index is 858. The lowest BCUT2D eigenvalue weighted by Gasteiger charge is -2.44. The molecule has 2 heterocycles. The molecule has 2 aliphatic heterocycles. The van der Waals surface area contributed by atoms with Crippen LogP contribution in [0.4, 0.5) is 0 Å². The number of nitrogens with one attached hydrogen (secondary N) is 2. The summed E-state index contributed by atoms with van der Waals surface area (Å²) in [5.74, 6) is 1.77. The number of hydrogen-bond donors (Lipinski definition) is 2. The number of nitrogens with zero attached hydrogens (tertiary/aromatic N) is 1. The van der Waals surface area contributed by atoms with Crippen LogP contribution < -0.4 is 21.0 Å². The number of rotatable bonds is 6. The van der Waals surface area contributed by atoms with Crippen LogP contribution in [-0.2, 0) is 4.43 Å². The molecular formula is C25H35ClN3OSi+. The van der Waals surface area contributed by atoms with Crippen LogP contribution in [0.25, 0.3) is 0 Å². The second kappa shape index (κ2) is 9.35. The van der Waals surface area contributed by atoms with E-state index in [2.05, 4.69) is 96.6 Å². The molecule has 4 nitrogen and oxygen atoms in total. The van der Waals surface area contributed by atoms with Gasteiger partial charge in [0.2, 0.25) is 0 Å². The molecule has 2 atom stereocenters. The number of hydrogen-bond acceptors (Lipinski definition) is 3. The predicted octanol–water partition coefficient (Wildman–Crippen LogP) is 2.89. The van der Waals surface area contributed by atoms with Crippen molar-refractivity contribution in [2.24, 2.45) is 0 Å². The van der Waals surface area contributed by atoms with E-state index in [0.29, 0.717) is 18.5 Å². The molecule has 2 aromatic carbocycles. The maximum absolute atomic E-state index is 7.13. The zero-order valence-corrected chi connectivity index (χ0v) is 20.7. The van der Waals surface area contributed by atoms with Gasteiger partial charge in [0.25, 0.3) is 8.32 Å². The van der Waals surface area contributed by atoms with Crippen molar-refractivity contribution in [3.05, 3.63) is 60.7 Å². The second-order valence-electron chi connectivity index (χ2n) is 9.72. The molecule has 0 radical (unpaired) electrons. The van der Waals surface area contributed by atoms with Crippen molar-refractivity contribution in [3.63, 3.8) is 0 Å². The highest BCUT2D eigenvalue weighted by atomic mass is 35.5. The zero-order chi connectivity index (χ0) is 21.9. The van der Waals surface area contributed by atoms with Gasteiger partial charge in [-0.3, -0.25) is 15.2 Å². The van der Waals surface area contributed by atoms with Gasteiger partial charge in [-0.05, 0) is 15.4 Å². The summed E-state index contributed by atoms with van der Waals surface area (Å²) in [5.41, 5.74) is 0. The van der Waals surface area contributed by atoms with E-state index in [0.717, 1.165) is 31.9 Å². The van der Waals surface area contributed by atoms with Crippen LogP contribution in [0.5, 0.6) is 0 Å². The van der Waals surface area contributed by atoms with E-state index >= 15 is 0 Å². The highest BCUT2D eigenvalue weighted by Gasteiger charge is 2.50. The molecule has 0 unspecified atom stereocenters. The summed E-state index contributed by atoms with van der Waals surface area (Å²) < 4.78 is 9.53. The number of halogens is 1. The third kappa shape index (κ3) is 4.55. The van der Waals surface area contributed by atoms with Crippen LogP contribution in [0.15, 0.2) is 60.7 Å². The fourth-order valence-corrected chi connectivity index (χ4v) is 9.78. The van der Waals surface area contributed by atoms with Crippen molar-refractivity contribution >= 4 is 36.3 Å². The smallest absolute Gasteiger partial charge is 0.346 e. The van der Waals surface area contributed by atoms with E-state index in [-0.39, 0.29) is 11.1 Å². The Kier molecular flexibility index (Phi) is 6.75. The Balaban J connectivity index is 1.61. The Morgan fingerprint density at radius 2 is 1.42 bits per heavy atom. The van der Waals surface area contributed by atoms with Crippen LogP contribution in [0.1, 0.15) is 33.6 Å². The molecule has 0 fully saturated rings. The molecule has 6 heteroatoms. The van der Waals surface area contributed by atoms with E-state index in [1.54, 1.807) is 0 Å². The van der Waals surface area contributed by atoms with Gasteiger partial charge in [-0.15, -0.1) is 11.6 Å². The molecule has 0 aliphatic carbocycles. The van der Waals surface area contributed by atoms with Crippen molar-refractivity contribution in [2.45, 2.75) is 50.7 Å². The Labute approximate surface area is 192 Å². The monoisotopic (exact) mass is 456 g/mol. The summed E-state index contributed by atoms with van der Waals surface area (Å²) in [6.07, 6.45) is 2.17. The van der Waals surface area contributed by atoms with Crippen molar-refractivity contribution in [1.29, 1.82) is 0 Å². The Hall–Kier alpha value is -1.82. The molecule has 0 amide bonds. The topological polar surface area (TPSA) is 36.3 Å². The van der Waals surface area contributed by atoms with Crippen LogP contribution in [-0.4, -0.2) is 56.5 Å². The highest BCUT2D eigenvalue weighted by Crippen LogP contribution is 2.36. The molecule has 2 aliphatic rings. The summed E-state index contributed by atoms with van der Waals surface area (Å²) in [5, 5.41) is 9.95. The maximum atomic E-state index is 7.13. The van der Waals surface area contributed by atoms with Gasteiger partial charge in [-0.1, -0.05) is 81.4 Å². The lowest BCUT2D eigenvalue weighted by Crippen LogP contribution is -2.68. The van der Waals surface area contributed by atoms with Gasteiger partial charge in [0.1, 0.15) is 0 Å². The summed E-state index contributed by atoms with van der Waals surface area (Å²) in [6, 6.07) is 22.4. The normalized spacial score (nSPS) is 21.8. The molecule has 4 rings (SSSR count). The minimum atomic E-state index is -2.50. The fourth-order valence-electron chi connectivity index (χ4n) is 4.94. The first-order chi connectivity index (χ1) is 14.9. The third-order valence-corrected chi connectivity index (χ3v) is 12.0. The molecule has 0 saturated carbocycles. The molecule has 2 aromatic rings. The van der Waals surface area contributed by atoms with E-state index in [1.165, 1.54) is 10.4 Å². The Morgan fingerprint density at radius 3 is 1.94 bits per heavy atom. The van der Waals surface area contributed by atoms with Gasteiger partial charge in [-0.2, -0.15) is 0 Å². The lowest BCUT2D eigenvalue weighted by atomic mass is 10.1. The molecule has 0 bridgehead atoms. The average molecular weight is 457 g/mol. The van der Waals surface area contributed by atoms with Crippen molar-refractivity contribution in [1.82, 2.24) is 10.6 Å². The molecular weight excluding hydrogens is 422 g/mol. The van der Waals surface area contributed by atoms with Gasteiger partial charge in [0.15, 0.2) is 0 Å². The minimum Gasteiger partial charge on any atom is -0.404 e. The summed E-state index contributed by atoms with van der Waals surface area (Å²) in [6.45, 7) is 9.80. The molecule has 166 valence electrons. The van der Waals surface area contributed by atoms with E-state index in [1.807, 2.05) is 0 Å². The molecule has 0 saturated heterocycles. The summed E-state index contributed by atoms with van der Waals surface area (Å²) in [4.78, 5) is 0. The zero-order valence-electron chi connectivity index (χ0n) is 18.9. The molecule has 31 heavy (non-hydrogen) atoms. The quantitative estimate of drug-likeness (QED) is 0.398. The van der Waals surface area contributed by atoms with Crippen molar-refractivity contribution in [2.75, 3.05) is 25.6 Å². The van der Waals surface area contributed by atoms with Crippen LogP contribution in [0, 0.1) is 0 Å². The first kappa shape index (κ1) is 22.4. The van der Waals surface area contributed by atoms with Crippen molar-refractivity contribution < 1.29 is 9.00 Å². The predicted molar refractivity (Wildman–Crippen MR) is 132 cm³/mol. The van der Waals surface area contributed by atoms with Gasteiger partial charge < -0.3 is 4.43 Å². The largest absolute Gasteiger partial charge is 0.404 e. The third-order valence-electron chi connectivity index (χ3n) is 6.60. The van der Waals surface area contributed by atoms with Crippen LogP contribution in [0.2, 0.25) is 5.04 Å². The summed E-state index contributed by atoms with van der Waals surface area (Å²) in [7, 11) is -2.50. The number of benzene rings is 2. The van der Waals surface area contributed by atoms with Crippen LogP contribution in [0.3, 0.4) is 0 Å². The van der Waals surface area contributed by atoms with Gasteiger partial charge in [-0.25, -0.2) is 0 Å². The SMILES string of the molecule is CC(C)(C)[Si](OC[C@H]1CC[N+]2=C(N1)N[C@@H](CCl)CC2)(c1ccccc1)c1ccccc1.